The molecule has 1 amide bonds. The van der Waals surface area contributed by atoms with Crippen molar-refractivity contribution in [2.24, 2.45) is 0 Å². The van der Waals surface area contributed by atoms with E-state index in [1.165, 1.54) is 18.3 Å². The lowest BCUT2D eigenvalue weighted by Crippen LogP contribution is -2.23. The summed E-state index contributed by atoms with van der Waals surface area (Å²) in [5, 5.41) is 5.73. The van der Waals surface area contributed by atoms with Crippen LogP contribution >= 0.6 is 0 Å². The van der Waals surface area contributed by atoms with E-state index in [-0.39, 0.29) is 35.7 Å². The van der Waals surface area contributed by atoms with Crippen LogP contribution in [0.2, 0.25) is 0 Å². The van der Waals surface area contributed by atoms with E-state index < -0.39 is 0 Å². The second-order valence-corrected chi connectivity index (χ2v) is 6.93. The monoisotopic (exact) mass is 395 g/mol. The third-order valence-electron chi connectivity index (χ3n) is 4.11. The van der Waals surface area contributed by atoms with Gasteiger partial charge in [-0.2, -0.15) is 0 Å². The number of rotatable bonds is 6. The fourth-order valence-electron chi connectivity index (χ4n) is 2.75. The summed E-state index contributed by atoms with van der Waals surface area (Å²) < 4.78 is 13.0. The van der Waals surface area contributed by atoms with Crippen LogP contribution in [0.1, 0.15) is 29.8 Å². The molecule has 3 rings (SSSR count). The molecule has 0 saturated carbocycles. The van der Waals surface area contributed by atoms with E-state index in [0.717, 1.165) is 5.56 Å². The molecule has 1 aromatic heterocycles. The molecular weight excluding hydrogens is 373 g/mol. The van der Waals surface area contributed by atoms with Crippen LogP contribution in [0.5, 0.6) is 0 Å². The van der Waals surface area contributed by atoms with Gasteiger partial charge in [0.15, 0.2) is 5.82 Å². The average molecular weight is 395 g/mol. The van der Waals surface area contributed by atoms with E-state index in [0.29, 0.717) is 22.5 Å². The van der Waals surface area contributed by atoms with Crippen molar-refractivity contribution in [2.75, 3.05) is 11.1 Å². The van der Waals surface area contributed by atoms with Gasteiger partial charge in [-0.3, -0.25) is 9.59 Å². The lowest BCUT2D eigenvalue weighted by atomic mass is 10.1. The molecule has 0 unspecified atom stereocenters. The van der Waals surface area contributed by atoms with E-state index in [4.69, 9.17) is 5.73 Å². The van der Waals surface area contributed by atoms with Crippen molar-refractivity contribution in [3.63, 3.8) is 0 Å². The number of halogens is 1. The van der Waals surface area contributed by atoms with Crippen molar-refractivity contribution in [1.29, 1.82) is 0 Å². The Hall–Kier alpha value is -3.68. The third-order valence-corrected chi connectivity index (χ3v) is 4.11. The highest BCUT2D eigenvalue weighted by atomic mass is 19.1. The second kappa shape index (κ2) is 8.55. The minimum atomic E-state index is -0.360. The molecule has 0 aliphatic carbocycles. The lowest BCUT2D eigenvalue weighted by Gasteiger charge is -2.11. The molecule has 0 fully saturated rings. The first-order valence-corrected chi connectivity index (χ1v) is 9.11. The molecule has 150 valence electrons. The molecule has 3 aromatic rings. The largest absolute Gasteiger partial charge is 0.399 e. The Morgan fingerprint density at radius 2 is 1.93 bits per heavy atom. The Morgan fingerprint density at radius 3 is 2.59 bits per heavy atom. The van der Waals surface area contributed by atoms with Crippen molar-refractivity contribution in [3.05, 3.63) is 76.0 Å². The third kappa shape index (κ3) is 5.19. The minimum Gasteiger partial charge on any atom is -0.399 e. The van der Waals surface area contributed by atoms with Gasteiger partial charge < -0.3 is 21.4 Å². The van der Waals surface area contributed by atoms with Gasteiger partial charge >= 0.3 is 0 Å². The molecule has 29 heavy (non-hydrogen) atoms. The number of hydrogen-bond acceptors (Lipinski definition) is 5. The van der Waals surface area contributed by atoms with Crippen molar-refractivity contribution < 1.29 is 9.18 Å². The van der Waals surface area contributed by atoms with Crippen molar-refractivity contribution in [3.8, 4) is 11.3 Å². The quantitative estimate of drug-likeness (QED) is 0.480. The van der Waals surface area contributed by atoms with Crippen LogP contribution in [0, 0.1) is 5.82 Å². The van der Waals surface area contributed by atoms with Crippen LogP contribution in [-0.2, 0) is 6.54 Å². The summed E-state index contributed by atoms with van der Waals surface area (Å²) >= 11 is 0. The van der Waals surface area contributed by atoms with Crippen LogP contribution in [0.4, 0.5) is 15.9 Å². The molecule has 8 heteroatoms. The van der Waals surface area contributed by atoms with E-state index in [1.54, 1.807) is 30.3 Å². The highest BCUT2D eigenvalue weighted by molar-refractivity contribution is 5.96. The zero-order valence-electron chi connectivity index (χ0n) is 16.1. The van der Waals surface area contributed by atoms with Crippen LogP contribution in [0.15, 0.2) is 53.5 Å². The summed E-state index contributed by atoms with van der Waals surface area (Å²) in [6.45, 7) is 4.06. The summed E-state index contributed by atoms with van der Waals surface area (Å²) in [5.74, 6) is -0.445. The van der Waals surface area contributed by atoms with Gasteiger partial charge in [0.1, 0.15) is 5.82 Å². The molecule has 0 radical (unpaired) electrons. The van der Waals surface area contributed by atoms with Gasteiger partial charge in [0.05, 0.1) is 11.9 Å². The topological polar surface area (TPSA) is 113 Å². The zero-order chi connectivity index (χ0) is 21.0. The molecule has 2 aromatic carbocycles. The molecule has 0 aliphatic rings. The maximum atomic E-state index is 13.0. The fraction of sp³-hybridized carbons (Fsp3) is 0.190. The number of anilines is 2. The van der Waals surface area contributed by atoms with Crippen LogP contribution < -0.4 is 21.9 Å². The van der Waals surface area contributed by atoms with Crippen molar-refractivity contribution >= 4 is 17.4 Å². The van der Waals surface area contributed by atoms with E-state index >= 15 is 0 Å². The maximum Gasteiger partial charge on any atom is 0.291 e. The number of carbonyl (C=O) groups excluding carboxylic acids is 1. The number of hydrogen-bond donors (Lipinski definition) is 4. The van der Waals surface area contributed by atoms with Gasteiger partial charge in [-0.15, -0.1) is 0 Å². The van der Waals surface area contributed by atoms with Gasteiger partial charge in [0, 0.05) is 29.4 Å². The number of nitrogens with one attached hydrogen (secondary N) is 3. The highest BCUT2D eigenvalue weighted by Gasteiger charge is 2.11. The van der Waals surface area contributed by atoms with E-state index in [2.05, 4.69) is 20.6 Å². The SMILES string of the molecule is CC(C)Nc1ncc(-c2cc(N)cc(C(=O)NCc3ccc(F)cc3)c2)[nH]c1=O. The standard InChI is InChI=1S/C21H22FN5O2/c1-12(2)26-19-21(29)27-18(11-24-19)14-7-15(9-17(23)8-14)20(28)25-10-13-3-5-16(22)6-4-13/h3-9,11-12H,10,23H2,1-2H3,(H,24,26)(H,25,28)(H,27,29). The number of aromatic nitrogens is 2. The summed E-state index contributed by atoms with van der Waals surface area (Å²) in [6.07, 6.45) is 1.51. The first kappa shape index (κ1) is 20.1. The van der Waals surface area contributed by atoms with Gasteiger partial charge in [-0.05, 0) is 49.7 Å². The van der Waals surface area contributed by atoms with Crippen LogP contribution in [-0.4, -0.2) is 21.9 Å². The Kier molecular flexibility index (Phi) is 5.92. The number of nitrogens with two attached hydrogens (primary N) is 1. The predicted octanol–water partition coefficient (Wildman–Crippen LogP) is 2.91. The Morgan fingerprint density at radius 1 is 1.21 bits per heavy atom. The second-order valence-electron chi connectivity index (χ2n) is 6.93. The molecule has 0 saturated heterocycles. The fourth-order valence-corrected chi connectivity index (χ4v) is 2.75. The number of amides is 1. The predicted molar refractivity (Wildman–Crippen MR) is 111 cm³/mol. The zero-order valence-corrected chi connectivity index (χ0v) is 16.1. The molecule has 7 nitrogen and oxygen atoms in total. The number of carbonyl (C=O) groups is 1. The van der Waals surface area contributed by atoms with Crippen molar-refractivity contribution in [2.45, 2.75) is 26.4 Å². The number of benzene rings is 2. The molecule has 1 heterocycles. The smallest absolute Gasteiger partial charge is 0.291 e. The van der Waals surface area contributed by atoms with Crippen LogP contribution in [0.3, 0.4) is 0 Å². The molecule has 0 atom stereocenters. The Labute approximate surface area is 167 Å². The van der Waals surface area contributed by atoms with Crippen molar-refractivity contribution in [1.82, 2.24) is 15.3 Å². The summed E-state index contributed by atoms with van der Waals surface area (Å²) in [6, 6.07) is 10.8. The summed E-state index contributed by atoms with van der Waals surface area (Å²) in [5.41, 5.74) is 8.09. The number of H-pyrrole nitrogens is 1. The number of nitrogen functional groups attached to an aromatic ring is 1. The molecular formula is C21H22FN5O2. The molecule has 5 N–H and O–H groups in total. The van der Waals surface area contributed by atoms with Gasteiger partial charge in [-0.25, -0.2) is 9.37 Å². The Bertz CT molecular complexity index is 1080. The number of aromatic amines is 1. The van der Waals surface area contributed by atoms with Gasteiger partial charge in [0.25, 0.3) is 11.5 Å². The van der Waals surface area contributed by atoms with E-state index in [9.17, 15) is 14.0 Å². The molecule has 0 bridgehead atoms. The summed E-state index contributed by atoms with van der Waals surface area (Å²) in [4.78, 5) is 31.6. The lowest BCUT2D eigenvalue weighted by molar-refractivity contribution is 0.0951. The molecule has 0 spiro atoms. The minimum absolute atomic E-state index is 0.0678. The average Bonchev–Trinajstić information content (AvgIpc) is 2.68. The highest BCUT2D eigenvalue weighted by Crippen LogP contribution is 2.21. The maximum absolute atomic E-state index is 13.0. The summed E-state index contributed by atoms with van der Waals surface area (Å²) in [7, 11) is 0. The van der Waals surface area contributed by atoms with Gasteiger partial charge in [-0.1, -0.05) is 12.1 Å². The molecule has 0 aliphatic heterocycles. The van der Waals surface area contributed by atoms with Crippen LogP contribution in [0.25, 0.3) is 11.3 Å². The normalized spacial score (nSPS) is 10.8. The first-order chi connectivity index (χ1) is 13.8. The van der Waals surface area contributed by atoms with Gasteiger partial charge in [0.2, 0.25) is 0 Å². The Balaban J connectivity index is 1.80. The number of nitrogens with zero attached hydrogens (tertiary/aromatic N) is 1. The van der Waals surface area contributed by atoms with E-state index in [1.807, 2.05) is 13.8 Å². The first-order valence-electron chi connectivity index (χ1n) is 9.11.